The molecule has 0 aromatic heterocycles. The molecule has 0 spiro atoms. The van der Waals surface area contributed by atoms with E-state index in [1.165, 1.54) is 18.6 Å². The lowest BCUT2D eigenvalue weighted by atomic mass is 10.1. The van der Waals surface area contributed by atoms with E-state index < -0.39 is 0 Å². The van der Waals surface area contributed by atoms with E-state index in [0.717, 1.165) is 56.6 Å². The highest BCUT2D eigenvalue weighted by molar-refractivity contribution is 8.77. The summed E-state index contributed by atoms with van der Waals surface area (Å²) in [6.07, 6.45) is 11.5. The smallest absolute Gasteiger partial charge is 0.316 e. The monoisotopic (exact) mass is 634 g/mol. The van der Waals surface area contributed by atoms with Gasteiger partial charge in [-0.1, -0.05) is 34.4 Å². The zero-order valence-electron chi connectivity index (χ0n) is 24.3. The maximum absolute atomic E-state index is 12.0. The molecule has 13 heteroatoms. The van der Waals surface area contributed by atoms with E-state index in [1.807, 2.05) is 33.3 Å². The molecule has 41 heavy (non-hydrogen) atoms. The van der Waals surface area contributed by atoms with Crippen LogP contribution in [0.25, 0.3) is 0 Å². The molecule has 3 fully saturated rings. The van der Waals surface area contributed by atoms with Crippen LogP contribution in [0, 0.1) is 0 Å². The summed E-state index contributed by atoms with van der Waals surface area (Å²) in [7, 11) is 3.98. The van der Waals surface area contributed by atoms with Crippen LogP contribution in [-0.2, 0) is 23.8 Å². The molecule has 4 atom stereocenters. The average Bonchev–Trinajstić information content (AvgIpc) is 3.68. The molecule has 0 radical (unpaired) electrons. The molecule has 0 aliphatic carbocycles. The van der Waals surface area contributed by atoms with Crippen molar-refractivity contribution in [1.29, 1.82) is 0 Å². The minimum absolute atomic E-state index is 0.0536. The summed E-state index contributed by atoms with van der Waals surface area (Å²) in [5.74, 6) is 1.52. The molecule has 0 bridgehead atoms. The van der Waals surface area contributed by atoms with Gasteiger partial charge in [0.2, 0.25) is 11.8 Å². The number of thioether (sulfide) groups is 1. The van der Waals surface area contributed by atoms with Crippen molar-refractivity contribution in [3.05, 3.63) is 0 Å². The minimum atomic E-state index is -0.0536. The quantitative estimate of drug-likeness (QED) is 0.0926. The Hall–Kier alpha value is -0.860. The Bertz CT molecular complexity index is 746. The molecule has 3 rings (SSSR count). The third kappa shape index (κ3) is 16.0. The van der Waals surface area contributed by atoms with Gasteiger partial charge in [-0.25, -0.2) is 4.79 Å². The summed E-state index contributed by atoms with van der Waals surface area (Å²) >= 11 is 1.84. The number of unbranched alkanes of at least 4 members (excludes halogenated alkanes) is 2. The Labute approximate surface area is 257 Å². The second-order valence-corrected chi connectivity index (χ2v) is 14.9. The van der Waals surface area contributed by atoms with Crippen LogP contribution in [0.4, 0.5) is 4.79 Å². The number of amides is 4. The van der Waals surface area contributed by atoms with Crippen LogP contribution in [0.2, 0.25) is 0 Å². The summed E-state index contributed by atoms with van der Waals surface area (Å²) in [5, 5.41) is 13.4. The first kappa shape index (κ1) is 34.6. The van der Waals surface area contributed by atoms with Gasteiger partial charge in [0.15, 0.2) is 0 Å². The number of urea groups is 1. The summed E-state index contributed by atoms with van der Waals surface area (Å²) in [6, 6.07) is 0.206. The van der Waals surface area contributed by atoms with E-state index >= 15 is 0 Å². The minimum Gasteiger partial charge on any atom is -0.379 e. The fraction of sp³-hybridized carbons (Fsp3) is 0.893. The summed E-state index contributed by atoms with van der Waals surface area (Å²) in [5.41, 5.74) is 0. The van der Waals surface area contributed by atoms with E-state index in [0.29, 0.717) is 70.8 Å². The Morgan fingerprint density at radius 1 is 0.756 bits per heavy atom. The van der Waals surface area contributed by atoms with Crippen LogP contribution < -0.4 is 21.3 Å². The van der Waals surface area contributed by atoms with E-state index in [1.54, 1.807) is 0 Å². The zero-order valence-corrected chi connectivity index (χ0v) is 26.8. The molecule has 3 heterocycles. The number of nitrogens with one attached hydrogen (secondary N) is 4. The van der Waals surface area contributed by atoms with Crippen molar-refractivity contribution in [3.8, 4) is 0 Å². The molecule has 0 saturated carbocycles. The first-order chi connectivity index (χ1) is 20.1. The molecule has 3 saturated heterocycles. The Balaban J connectivity index is 0.964. The summed E-state index contributed by atoms with van der Waals surface area (Å²) < 4.78 is 16.6. The van der Waals surface area contributed by atoms with Gasteiger partial charge in [-0.3, -0.25) is 9.59 Å². The highest BCUT2D eigenvalue weighted by atomic mass is 33.1. The Morgan fingerprint density at radius 3 is 1.90 bits per heavy atom. The van der Waals surface area contributed by atoms with Crippen molar-refractivity contribution in [2.24, 2.45) is 0 Å². The molecule has 4 N–H and O–H groups in total. The number of rotatable bonds is 24. The molecule has 10 nitrogen and oxygen atoms in total. The van der Waals surface area contributed by atoms with Crippen molar-refractivity contribution in [1.82, 2.24) is 21.3 Å². The molecule has 0 aromatic carbocycles. The molecule has 3 aliphatic rings. The van der Waals surface area contributed by atoms with Crippen molar-refractivity contribution >= 4 is 51.2 Å². The number of ether oxygens (including phenoxy) is 3. The van der Waals surface area contributed by atoms with E-state index in [-0.39, 0.29) is 29.3 Å². The maximum Gasteiger partial charge on any atom is 0.316 e. The lowest BCUT2D eigenvalue weighted by Gasteiger charge is -2.10. The molecular weight excluding hydrogens is 585 g/mol. The zero-order chi connectivity index (χ0) is 29.0. The van der Waals surface area contributed by atoms with Crippen LogP contribution in [0.1, 0.15) is 77.0 Å². The van der Waals surface area contributed by atoms with E-state index in [4.69, 9.17) is 14.2 Å². The normalized spacial score (nSPS) is 23.3. The molecule has 4 amide bonds. The molecule has 0 unspecified atom stereocenters. The maximum atomic E-state index is 12.0. The average molecular weight is 635 g/mol. The van der Waals surface area contributed by atoms with Gasteiger partial charge in [-0.05, 0) is 51.4 Å². The number of hydrogen-bond donors (Lipinski definition) is 4. The fourth-order valence-electron chi connectivity index (χ4n) is 4.96. The standard InChI is InChI=1S/C28H50N4O6S3/c33-25(9-3-1-7-22-11-20-39-41-22)29-12-5-14-36-16-18-38-19-17-37-15-6-13-30-26(34)10-4-2-8-23-21-24-27(40-23)32-28(35)31-24/h22-24,27H,1-21H2,(H,29,33)(H,30,34)(H2,31,32,35)/t22-,23-,24+,27+/m1/s1. The predicted octanol–water partition coefficient (Wildman–Crippen LogP) is 3.84. The van der Waals surface area contributed by atoms with Crippen LogP contribution in [0.15, 0.2) is 0 Å². The van der Waals surface area contributed by atoms with Crippen LogP contribution in [-0.4, -0.2) is 98.2 Å². The summed E-state index contributed by atoms with van der Waals surface area (Å²) in [4.78, 5) is 35.2. The number of fused-ring (bicyclic) bond motifs is 1. The number of carbonyl (C=O) groups is 3. The highest BCUT2D eigenvalue weighted by Gasteiger charge is 2.40. The lowest BCUT2D eigenvalue weighted by Crippen LogP contribution is -2.27. The summed E-state index contributed by atoms with van der Waals surface area (Å²) in [6.45, 7) is 4.60. The third-order valence-electron chi connectivity index (χ3n) is 7.22. The Morgan fingerprint density at radius 2 is 1.34 bits per heavy atom. The van der Waals surface area contributed by atoms with Crippen LogP contribution in [0.5, 0.6) is 0 Å². The van der Waals surface area contributed by atoms with Crippen molar-refractivity contribution in [2.75, 3.05) is 58.5 Å². The molecule has 3 aliphatic heterocycles. The van der Waals surface area contributed by atoms with Gasteiger partial charge in [-0.2, -0.15) is 0 Å². The number of carbonyl (C=O) groups excluding carboxylic acids is 3. The highest BCUT2D eigenvalue weighted by Crippen LogP contribution is 2.40. The van der Waals surface area contributed by atoms with Gasteiger partial charge in [-0.15, -0.1) is 11.8 Å². The van der Waals surface area contributed by atoms with Crippen LogP contribution in [0.3, 0.4) is 0 Å². The second-order valence-electron chi connectivity index (χ2n) is 10.7. The second kappa shape index (κ2) is 21.8. The molecule has 236 valence electrons. The fourth-order valence-corrected chi connectivity index (χ4v) is 9.57. The Kier molecular flexibility index (Phi) is 18.4. The third-order valence-corrected chi connectivity index (χ3v) is 11.8. The van der Waals surface area contributed by atoms with Gasteiger partial charge in [0, 0.05) is 55.4 Å². The van der Waals surface area contributed by atoms with Crippen molar-refractivity contribution in [3.63, 3.8) is 0 Å². The topological polar surface area (TPSA) is 127 Å². The lowest BCUT2D eigenvalue weighted by molar-refractivity contribution is -0.122. The van der Waals surface area contributed by atoms with Gasteiger partial charge in [0.25, 0.3) is 0 Å². The van der Waals surface area contributed by atoms with Crippen LogP contribution >= 0.6 is 33.3 Å². The van der Waals surface area contributed by atoms with Gasteiger partial charge in [0.1, 0.15) is 0 Å². The van der Waals surface area contributed by atoms with E-state index in [9.17, 15) is 14.4 Å². The number of hydrogen-bond acceptors (Lipinski definition) is 9. The van der Waals surface area contributed by atoms with Gasteiger partial charge < -0.3 is 35.5 Å². The van der Waals surface area contributed by atoms with Gasteiger partial charge >= 0.3 is 6.03 Å². The largest absolute Gasteiger partial charge is 0.379 e. The first-order valence-corrected chi connectivity index (χ1v) is 18.7. The van der Waals surface area contributed by atoms with Crippen molar-refractivity contribution < 1.29 is 28.6 Å². The van der Waals surface area contributed by atoms with E-state index in [2.05, 4.69) is 21.3 Å². The molecular formula is C28H50N4O6S3. The first-order valence-electron chi connectivity index (χ1n) is 15.4. The SMILES string of the molecule is O=C(CCCC[C@@H]1CCSS1)NCCCOCCOCCOCCCNC(=O)CCCC[C@@H]1C[C@@H]2NC(=O)N[C@H]2S1. The van der Waals surface area contributed by atoms with Gasteiger partial charge in [0.05, 0.1) is 37.8 Å². The predicted molar refractivity (Wildman–Crippen MR) is 168 cm³/mol. The van der Waals surface area contributed by atoms with Crippen molar-refractivity contribution in [2.45, 2.75) is 99.0 Å². The molecule has 0 aromatic rings.